The van der Waals surface area contributed by atoms with Crippen molar-refractivity contribution >= 4 is 39.6 Å². The predicted molar refractivity (Wildman–Crippen MR) is 134 cm³/mol. The average Bonchev–Trinajstić information content (AvgIpc) is 2.81. The Morgan fingerprint density at radius 2 is 1.73 bits per heavy atom. The third-order valence-electron chi connectivity index (χ3n) is 5.05. The van der Waals surface area contributed by atoms with Crippen LogP contribution in [0, 0.1) is 13.8 Å². The molecule has 3 aromatic carbocycles. The number of ether oxygens (including phenoxy) is 1. The SMILES string of the molecule is Cc1cccc(NC(=O)CCC(=O)NN=Cc2ccc(OCc3ccccc3)c(Br)c2)c1C. The monoisotopic (exact) mass is 507 g/mol. The van der Waals surface area contributed by atoms with Crippen molar-refractivity contribution in [2.75, 3.05) is 5.32 Å². The summed E-state index contributed by atoms with van der Waals surface area (Å²) in [5, 5.41) is 6.82. The summed E-state index contributed by atoms with van der Waals surface area (Å²) in [5.74, 6) is 0.178. The lowest BCUT2D eigenvalue weighted by Gasteiger charge is -2.10. The van der Waals surface area contributed by atoms with Crippen LogP contribution in [0.25, 0.3) is 0 Å². The second-order valence-electron chi connectivity index (χ2n) is 7.55. The van der Waals surface area contributed by atoms with Gasteiger partial charge < -0.3 is 10.1 Å². The van der Waals surface area contributed by atoms with Crippen LogP contribution in [0.5, 0.6) is 5.75 Å². The van der Waals surface area contributed by atoms with Crippen LogP contribution in [0.2, 0.25) is 0 Å². The fraction of sp³-hybridized carbons (Fsp3) is 0.192. The van der Waals surface area contributed by atoms with Gasteiger partial charge >= 0.3 is 0 Å². The molecule has 0 heterocycles. The van der Waals surface area contributed by atoms with Gasteiger partial charge in [-0.3, -0.25) is 9.59 Å². The molecule has 0 unspecified atom stereocenters. The van der Waals surface area contributed by atoms with Crippen LogP contribution in [0.4, 0.5) is 5.69 Å². The van der Waals surface area contributed by atoms with Crippen molar-refractivity contribution < 1.29 is 14.3 Å². The maximum atomic E-state index is 12.1. The molecule has 0 aliphatic carbocycles. The van der Waals surface area contributed by atoms with E-state index in [1.165, 1.54) is 0 Å². The van der Waals surface area contributed by atoms with E-state index in [-0.39, 0.29) is 24.7 Å². The number of nitrogens with zero attached hydrogens (tertiary/aromatic N) is 1. The van der Waals surface area contributed by atoms with Crippen molar-refractivity contribution in [2.45, 2.75) is 33.3 Å². The lowest BCUT2D eigenvalue weighted by Crippen LogP contribution is -2.21. The van der Waals surface area contributed by atoms with Crippen molar-refractivity contribution in [2.24, 2.45) is 5.10 Å². The number of aryl methyl sites for hydroxylation is 1. The molecule has 0 radical (unpaired) electrons. The van der Waals surface area contributed by atoms with Gasteiger partial charge in [0, 0.05) is 18.5 Å². The van der Waals surface area contributed by atoms with E-state index in [4.69, 9.17) is 4.74 Å². The first kappa shape index (κ1) is 24.2. The molecule has 3 rings (SSSR count). The zero-order chi connectivity index (χ0) is 23.6. The van der Waals surface area contributed by atoms with Crippen molar-refractivity contribution in [3.63, 3.8) is 0 Å². The number of amides is 2. The van der Waals surface area contributed by atoms with E-state index in [2.05, 4.69) is 31.8 Å². The van der Waals surface area contributed by atoms with Crippen LogP contribution in [0.3, 0.4) is 0 Å². The molecule has 2 amide bonds. The predicted octanol–water partition coefficient (Wildman–Crippen LogP) is 5.51. The van der Waals surface area contributed by atoms with E-state index >= 15 is 0 Å². The molecule has 0 saturated heterocycles. The highest BCUT2D eigenvalue weighted by Crippen LogP contribution is 2.26. The summed E-state index contributed by atoms with van der Waals surface area (Å²) < 4.78 is 6.62. The number of rotatable bonds is 9. The third-order valence-corrected chi connectivity index (χ3v) is 5.67. The van der Waals surface area contributed by atoms with Gasteiger partial charge in [0.25, 0.3) is 0 Å². The topological polar surface area (TPSA) is 79.8 Å². The number of hydrogen-bond donors (Lipinski definition) is 2. The molecule has 0 bridgehead atoms. The summed E-state index contributed by atoms with van der Waals surface area (Å²) in [4.78, 5) is 24.2. The number of anilines is 1. The van der Waals surface area contributed by atoms with Crippen molar-refractivity contribution in [1.82, 2.24) is 5.43 Å². The lowest BCUT2D eigenvalue weighted by molar-refractivity contribution is -0.124. The second-order valence-corrected chi connectivity index (χ2v) is 8.41. The standard InChI is InChI=1S/C26H26BrN3O3/c1-18-7-6-10-23(19(18)2)29-25(31)13-14-26(32)30-28-16-21-11-12-24(22(27)15-21)33-17-20-8-4-3-5-9-20/h3-12,15-16H,13-14,17H2,1-2H3,(H,29,31)(H,30,32). The molecule has 3 aromatic rings. The van der Waals surface area contributed by atoms with Crippen LogP contribution in [0.1, 0.15) is 35.1 Å². The maximum Gasteiger partial charge on any atom is 0.240 e. The van der Waals surface area contributed by atoms with E-state index in [1.54, 1.807) is 6.21 Å². The average molecular weight is 508 g/mol. The molecule has 0 spiro atoms. The Morgan fingerprint density at radius 1 is 0.970 bits per heavy atom. The zero-order valence-corrected chi connectivity index (χ0v) is 20.2. The Morgan fingerprint density at radius 3 is 2.48 bits per heavy atom. The highest BCUT2D eigenvalue weighted by molar-refractivity contribution is 9.10. The normalized spacial score (nSPS) is 10.8. The van der Waals surface area contributed by atoms with Crippen LogP contribution in [0.15, 0.2) is 76.3 Å². The Hall–Kier alpha value is -3.45. The second kappa shape index (κ2) is 12.0. The highest BCUT2D eigenvalue weighted by Gasteiger charge is 2.09. The van der Waals surface area contributed by atoms with Crippen molar-refractivity contribution in [1.29, 1.82) is 0 Å². The van der Waals surface area contributed by atoms with Gasteiger partial charge in [0.2, 0.25) is 11.8 Å². The number of benzene rings is 3. The fourth-order valence-corrected chi connectivity index (χ4v) is 3.52. The molecule has 0 atom stereocenters. The van der Waals surface area contributed by atoms with E-state index in [9.17, 15) is 9.59 Å². The van der Waals surface area contributed by atoms with Gasteiger partial charge in [-0.2, -0.15) is 5.10 Å². The van der Waals surface area contributed by atoms with Gasteiger partial charge in [-0.15, -0.1) is 0 Å². The molecule has 170 valence electrons. The molecular weight excluding hydrogens is 482 g/mol. The summed E-state index contributed by atoms with van der Waals surface area (Å²) in [7, 11) is 0. The number of carbonyl (C=O) groups is 2. The number of carbonyl (C=O) groups excluding carboxylic acids is 2. The largest absolute Gasteiger partial charge is 0.488 e. The van der Waals surface area contributed by atoms with E-state index in [1.807, 2.05) is 80.6 Å². The summed E-state index contributed by atoms with van der Waals surface area (Å²) in [6.45, 7) is 4.41. The van der Waals surface area contributed by atoms with Crippen LogP contribution < -0.4 is 15.5 Å². The minimum absolute atomic E-state index is 0.0456. The molecule has 0 aromatic heterocycles. The summed E-state index contributed by atoms with van der Waals surface area (Å²) in [6, 6.07) is 21.2. The zero-order valence-electron chi connectivity index (χ0n) is 18.6. The van der Waals surface area contributed by atoms with Crippen molar-refractivity contribution in [3.05, 3.63) is 93.5 Å². The molecule has 0 saturated carbocycles. The number of hydrogen-bond acceptors (Lipinski definition) is 4. The Bertz CT molecular complexity index is 1150. The first-order chi connectivity index (χ1) is 15.9. The quantitative estimate of drug-likeness (QED) is 0.295. The van der Waals surface area contributed by atoms with Crippen molar-refractivity contribution in [3.8, 4) is 5.75 Å². The minimum atomic E-state index is -0.329. The van der Waals surface area contributed by atoms with Gasteiger partial charge in [-0.1, -0.05) is 42.5 Å². The molecule has 2 N–H and O–H groups in total. The summed E-state index contributed by atoms with van der Waals surface area (Å²) >= 11 is 3.50. The Kier molecular flexibility index (Phi) is 8.78. The fourth-order valence-electron chi connectivity index (χ4n) is 3.01. The molecule has 6 nitrogen and oxygen atoms in total. The Labute approximate surface area is 202 Å². The van der Waals surface area contributed by atoms with E-state index in [0.29, 0.717) is 6.61 Å². The van der Waals surface area contributed by atoms with Crippen LogP contribution in [-0.2, 0) is 16.2 Å². The van der Waals surface area contributed by atoms with Gasteiger partial charge in [0.15, 0.2) is 0 Å². The van der Waals surface area contributed by atoms with Crippen LogP contribution in [-0.4, -0.2) is 18.0 Å². The van der Waals surface area contributed by atoms with Gasteiger partial charge in [0.1, 0.15) is 12.4 Å². The molecule has 33 heavy (non-hydrogen) atoms. The molecule has 0 fully saturated rings. The lowest BCUT2D eigenvalue weighted by atomic mass is 10.1. The third kappa shape index (κ3) is 7.57. The van der Waals surface area contributed by atoms with E-state index < -0.39 is 0 Å². The van der Waals surface area contributed by atoms with E-state index in [0.717, 1.165) is 38.2 Å². The first-order valence-corrected chi connectivity index (χ1v) is 11.4. The van der Waals surface area contributed by atoms with Gasteiger partial charge in [-0.25, -0.2) is 5.43 Å². The molecule has 0 aliphatic heterocycles. The molecule has 7 heteroatoms. The Balaban J connectivity index is 1.43. The summed E-state index contributed by atoms with van der Waals surface area (Å²) in [6.07, 6.45) is 1.66. The van der Waals surface area contributed by atoms with Gasteiger partial charge in [0.05, 0.1) is 10.7 Å². The number of halogens is 1. The molecule has 0 aliphatic rings. The smallest absolute Gasteiger partial charge is 0.240 e. The van der Waals surface area contributed by atoms with Gasteiger partial charge in [-0.05, 0) is 76.3 Å². The highest BCUT2D eigenvalue weighted by atomic mass is 79.9. The maximum absolute atomic E-state index is 12.1. The van der Waals surface area contributed by atoms with Crippen LogP contribution >= 0.6 is 15.9 Å². The minimum Gasteiger partial charge on any atom is -0.488 e. The number of hydrazone groups is 1. The molecular formula is C26H26BrN3O3. The summed E-state index contributed by atoms with van der Waals surface area (Å²) in [5.41, 5.74) is 7.21. The first-order valence-electron chi connectivity index (χ1n) is 10.6. The number of nitrogens with one attached hydrogen (secondary N) is 2.